The summed E-state index contributed by atoms with van der Waals surface area (Å²) in [6, 6.07) is 9.59. The molecule has 0 bridgehead atoms. The number of carbonyl (C=O) groups excluding carboxylic acids is 1. The van der Waals surface area contributed by atoms with E-state index in [1.54, 1.807) is 24.5 Å². The second kappa shape index (κ2) is 9.38. The minimum Gasteiger partial charge on any atom is -0.506 e. The van der Waals surface area contributed by atoms with Crippen LogP contribution >= 0.6 is 11.3 Å². The molecule has 160 valence electrons. The quantitative estimate of drug-likeness (QED) is 0.578. The molecule has 3 heterocycles. The third kappa shape index (κ3) is 4.53. The number of aliphatic imine (C=N–C) groups is 1. The van der Waals surface area contributed by atoms with Crippen LogP contribution in [0.5, 0.6) is 5.75 Å². The lowest BCUT2D eigenvalue weighted by atomic mass is 10.1. The van der Waals surface area contributed by atoms with E-state index in [9.17, 15) is 9.90 Å². The number of hydrogen-bond acceptors (Lipinski definition) is 5. The zero-order valence-corrected chi connectivity index (χ0v) is 18.2. The Labute approximate surface area is 181 Å². The summed E-state index contributed by atoms with van der Waals surface area (Å²) in [6.45, 7) is 5.39. The van der Waals surface area contributed by atoms with Gasteiger partial charge < -0.3 is 25.1 Å². The molecular weight excluding hydrogens is 398 g/mol. The first-order chi connectivity index (χ1) is 14.7. The minimum absolute atomic E-state index is 0.194. The SMILES string of the molecule is CN=C(NCCC(=O)N1CCc2sccc2C1)N1CCN(c2ccccc2O)CC1. The average Bonchev–Trinajstić information content (AvgIpc) is 3.25. The number of thiophene rings is 1. The van der Waals surface area contributed by atoms with Gasteiger partial charge in [-0.3, -0.25) is 9.79 Å². The van der Waals surface area contributed by atoms with E-state index in [1.807, 2.05) is 23.1 Å². The van der Waals surface area contributed by atoms with Gasteiger partial charge >= 0.3 is 0 Å². The van der Waals surface area contributed by atoms with E-state index in [2.05, 4.69) is 31.6 Å². The maximum atomic E-state index is 12.6. The zero-order valence-electron chi connectivity index (χ0n) is 17.4. The highest BCUT2D eigenvalue weighted by atomic mass is 32.1. The normalized spacial score (nSPS) is 17.1. The Hall–Kier alpha value is -2.74. The van der Waals surface area contributed by atoms with Crippen molar-refractivity contribution in [2.45, 2.75) is 19.4 Å². The Bertz CT molecular complexity index is 904. The minimum atomic E-state index is 0.194. The Morgan fingerprint density at radius 1 is 1.13 bits per heavy atom. The monoisotopic (exact) mass is 427 g/mol. The van der Waals surface area contributed by atoms with Gasteiger partial charge in [0, 0.05) is 64.2 Å². The number of amides is 1. The topological polar surface area (TPSA) is 71.4 Å². The molecule has 2 N–H and O–H groups in total. The van der Waals surface area contributed by atoms with Crippen molar-refractivity contribution in [2.75, 3.05) is 51.2 Å². The molecule has 30 heavy (non-hydrogen) atoms. The number of guanidine groups is 1. The van der Waals surface area contributed by atoms with Crippen LogP contribution in [0.2, 0.25) is 0 Å². The van der Waals surface area contributed by atoms with E-state index in [0.29, 0.717) is 18.7 Å². The van der Waals surface area contributed by atoms with E-state index in [-0.39, 0.29) is 5.91 Å². The molecule has 7 nitrogen and oxygen atoms in total. The molecule has 0 radical (unpaired) electrons. The lowest BCUT2D eigenvalue weighted by Crippen LogP contribution is -2.53. The molecule has 4 rings (SSSR count). The highest BCUT2D eigenvalue weighted by Crippen LogP contribution is 2.27. The highest BCUT2D eigenvalue weighted by molar-refractivity contribution is 7.10. The number of phenolic OH excluding ortho intramolecular Hbond substituents is 1. The predicted molar refractivity (Wildman–Crippen MR) is 121 cm³/mol. The van der Waals surface area contributed by atoms with Crippen molar-refractivity contribution < 1.29 is 9.90 Å². The summed E-state index contributed by atoms with van der Waals surface area (Å²) in [7, 11) is 1.78. The Morgan fingerprint density at radius 2 is 1.93 bits per heavy atom. The number of anilines is 1. The molecule has 1 amide bonds. The molecule has 0 atom stereocenters. The van der Waals surface area contributed by atoms with Crippen molar-refractivity contribution in [1.82, 2.24) is 15.1 Å². The number of benzene rings is 1. The summed E-state index contributed by atoms with van der Waals surface area (Å²) in [4.78, 5) is 24.8. The Balaban J connectivity index is 1.23. The van der Waals surface area contributed by atoms with Crippen LogP contribution in [-0.2, 0) is 17.8 Å². The number of carbonyl (C=O) groups is 1. The van der Waals surface area contributed by atoms with Gasteiger partial charge in [-0.25, -0.2) is 0 Å². The molecule has 1 fully saturated rings. The molecule has 2 aliphatic rings. The molecule has 0 saturated carbocycles. The number of nitrogens with zero attached hydrogens (tertiary/aromatic N) is 4. The molecule has 2 aromatic rings. The molecule has 0 spiro atoms. The molecule has 1 aromatic carbocycles. The van der Waals surface area contributed by atoms with Gasteiger partial charge in [0.05, 0.1) is 5.69 Å². The van der Waals surface area contributed by atoms with Crippen LogP contribution in [0, 0.1) is 0 Å². The van der Waals surface area contributed by atoms with Crippen LogP contribution in [-0.4, -0.2) is 73.1 Å². The largest absolute Gasteiger partial charge is 0.506 e. The molecular formula is C22H29N5O2S. The van der Waals surface area contributed by atoms with Crippen LogP contribution in [0.15, 0.2) is 40.7 Å². The lowest BCUT2D eigenvalue weighted by Gasteiger charge is -2.37. The molecule has 0 aliphatic carbocycles. The van der Waals surface area contributed by atoms with Gasteiger partial charge in [0.15, 0.2) is 5.96 Å². The summed E-state index contributed by atoms with van der Waals surface area (Å²) < 4.78 is 0. The summed E-state index contributed by atoms with van der Waals surface area (Å²) in [5.41, 5.74) is 2.17. The van der Waals surface area contributed by atoms with Crippen LogP contribution in [0.25, 0.3) is 0 Å². The van der Waals surface area contributed by atoms with Gasteiger partial charge in [0.2, 0.25) is 5.91 Å². The second-order valence-electron chi connectivity index (χ2n) is 7.62. The number of piperazine rings is 1. The van der Waals surface area contributed by atoms with Crippen molar-refractivity contribution >= 4 is 28.9 Å². The number of rotatable bonds is 4. The third-order valence-electron chi connectivity index (χ3n) is 5.80. The summed E-state index contributed by atoms with van der Waals surface area (Å²) in [5.74, 6) is 1.34. The maximum Gasteiger partial charge on any atom is 0.224 e. The highest BCUT2D eigenvalue weighted by Gasteiger charge is 2.23. The fourth-order valence-corrected chi connectivity index (χ4v) is 5.01. The van der Waals surface area contributed by atoms with Gasteiger partial charge in [-0.1, -0.05) is 12.1 Å². The number of hydrogen-bond donors (Lipinski definition) is 2. The molecule has 2 aliphatic heterocycles. The van der Waals surface area contributed by atoms with Gasteiger partial charge in [-0.05, 0) is 35.6 Å². The van der Waals surface area contributed by atoms with Crippen LogP contribution in [0.1, 0.15) is 16.9 Å². The first kappa shape index (κ1) is 20.5. The van der Waals surface area contributed by atoms with Gasteiger partial charge in [-0.15, -0.1) is 11.3 Å². The Morgan fingerprint density at radius 3 is 2.70 bits per heavy atom. The number of nitrogens with one attached hydrogen (secondary N) is 1. The van der Waals surface area contributed by atoms with Gasteiger partial charge in [-0.2, -0.15) is 0 Å². The fourth-order valence-electron chi connectivity index (χ4n) is 4.12. The lowest BCUT2D eigenvalue weighted by molar-refractivity contribution is -0.131. The first-order valence-corrected chi connectivity index (χ1v) is 11.3. The molecule has 1 aromatic heterocycles. The number of fused-ring (bicyclic) bond motifs is 1. The van der Waals surface area contributed by atoms with Crippen LogP contribution in [0.4, 0.5) is 5.69 Å². The molecule has 8 heteroatoms. The summed E-state index contributed by atoms with van der Waals surface area (Å²) >= 11 is 1.79. The van der Waals surface area contributed by atoms with Crippen molar-refractivity contribution in [3.8, 4) is 5.75 Å². The van der Waals surface area contributed by atoms with Crippen molar-refractivity contribution in [2.24, 2.45) is 4.99 Å². The van der Waals surface area contributed by atoms with Crippen LogP contribution < -0.4 is 10.2 Å². The molecule has 0 unspecified atom stereocenters. The third-order valence-corrected chi connectivity index (χ3v) is 6.82. The van der Waals surface area contributed by atoms with Crippen LogP contribution in [0.3, 0.4) is 0 Å². The van der Waals surface area contributed by atoms with E-state index < -0.39 is 0 Å². The second-order valence-corrected chi connectivity index (χ2v) is 8.62. The fraction of sp³-hybridized carbons (Fsp3) is 0.455. The summed E-state index contributed by atoms with van der Waals surface area (Å²) in [5, 5.41) is 15.5. The van der Waals surface area contributed by atoms with E-state index >= 15 is 0 Å². The van der Waals surface area contributed by atoms with Gasteiger partial charge in [0.1, 0.15) is 5.75 Å². The van der Waals surface area contributed by atoms with Crippen molar-refractivity contribution in [1.29, 1.82) is 0 Å². The summed E-state index contributed by atoms with van der Waals surface area (Å²) in [6.07, 6.45) is 1.44. The van der Waals surface area contributed by atoms with E-state index in [0.717, 1.165) is 57.3 Å². The average molecular weight is 428 g/mol. The van der Waals surface area contributed by atoms with Crippen molar-refractivity contribution in [3.63, 3.8) is 0 Å². The predicted octanol–water partition coefficient (Wildman–Crippen LogP) is 2.13. The van der Waals surface area contributed by atoms with Crippen molar-refractivity contribution in [3.05, 3.63) is 46.2 Å². The molecule has 1 saturated heterocycles. The Kier molecular flexibility index (Phi) is 6.42. The first-order valence-electron chi connectivity index (χ1n) is 10.5. The number of para-hydroxylation sites is 2. The number of aromatic hydroxyl groups is 1. The number of phenols is 1. The maximum absolute atomic E-state index is 12.6. The van der Waals surface area contributed by atoms with E-state index in [1.165, 1.54) is 10.4 Å². The van der Waals surface area contributed by atoms with Gasteiger partial charge in [0.25, 0.3) is 0 Å². The smallest absolute Gasteiger partial charge is 0.224 e. The zero-order chi connectivity index (χ0) is 20.9. The standard InChI is InChI=1S/C22H29N5O2S/c1-23-22(26-13-11-25(12-14-26)18-4-2-3-5-19(18)28)24-9-6-21(29)27-10-7-20-17(16-27)8-15-30-20/h2-5,8,15,28H,6-7,9-14,16H2,1H3,(H,23,24). The van der Waals surface area contributed by atoms with E-state index in [4.69, 9.17) is 0 Å².